The fourth-order valence-electron chi connectivity index (χ4n) is 9.68. The Kier molecular flexibility index (Phi) is 12.3. The molecule has 0 aromatic heterocycles. The molecule has 69 heavy (non-hydrogen) atoms. The van der Waals surface area contributed by atoms with E-state index in [-0.39, 0.29) is 26.7 Å². The molecule has 0 spiro atoms. The van der Waals surface area contributed by atoms with Gasteiger partial charge in [-0.25, -0.2) is 0 Å². The number of aryl methyl sites for hydroxylation is 3. The molecule has 5 nitrogen and oxygen atoms in total. The van der Waals surface area contributed by atoms with E-state index in [4.69, 9.17) is 21.4 Å². The van der Waals surface area contributed by atoms with E-state index in [1.165, 1.54) is 50.3 Å². The first-order valence-electron chi connectivity index (χ1n) is 23.2. The standard InChI is InChI=1S/C62H48N4OSSe/c1-39-15-21-44(22-16-39)55(45-23-17-40(2)18-24-45)53(42-11-7-5-8-12-42)47-27-31-50(32-28-47)57-59-60(64-68-63-59)58(62-61(57)65-69-66-62)51-33-29-48(30-34-51)54(43-13-9-6-10-14-43)56(46-25-19-41(3)20-26-46)49-35-37-52(67-4)38-36-49/h5-38,59-60H,1-4H3/b56-54-. The van der Waals surface area contributed by atoms with Crippen LogP contribution in [0.1, 0.15) is 72.3 Å². The zero-order valence-electron chi connectivity index (χ0n) is 38.8. The van der Waals surface area contributed by atoms with E-state index in [9.17, 15) is 0 Å². The summed E-state index contributed by atoms with van der Waals surface area (Å²) in [6.07, 6.45) is 0. The van der Waals surface area contributed by atoms with Gasteiger partial charge in [0.25, 0.3) is 0 Å². The van der Waals surface area contributed by atoms with Gasteiger partial charge >= 0.3 is 361 Å². The molecule has 0 saturated heterocycles. The normalized spacial score (nSPS) is 16.1. The average Bonchev–Trinajstić information content (AvgIpc) is 4.09. The molecular weight excluding hydrogens is 928 g/mol. The Balaban J connectivity index is 1.02. The first kappa shape index (κ1) is 44.0. The fraction of sp³-hybridized carbons (Fsp3) is 0.0968. The first-order valence-corrected chi connectivity index (χ1v) is 25.5. The molecule has 0 bridgehead atoms. The average molecular weight is 976 g/mol. The zero-order chi connectivity index (χ0) is 46.8. The third-order valence-corrected chi connectivity index (χ3v) is 15.0. The van der Waals surface area contributed by atoms with Crippen molar-refractivity contribution in [3.05, 3.63) is 290 Å². The molecule has 2 atom stereocenters. The van der Waals surface area contributed by atoms with E-state index in [2.05, 4.69) is 215 Å². The van der Waals surface area contributed by atoms with Crippen molar-refractivity contribution in [1.29, 1.82) is 0 Å². The van der Waals surface area contributed by atoms with E-state index < -0.39 is 0 Å². The maximum absolute atomic E-state index is 5.58. The molecule has 334 valence electrons. The molecule has 0 fully saturated rings. The number of hydrogen-bond donors (Lipinski definition) is 0. The van der Waals surface area contributed by atoms with Crippen molar-refractivity contribution in [3.8, 4) is 5.75 Å². The van der Waals surface area contributed by atoms with Gasteiger partial charge in [-0.3, -0.25) is 0 Å². The van der Waals surface area contributed by atoms with E-state index in [0.29, 0.717) is 0 Å². The number of hydrogen-bond acceptors (Lipinski definition) is 5. The summed E-state index contributed by atoms with van der Waals surface area (Å²) in [5.74, 6) is 0.824. The van der Waals surface area contributed by atoms with Crippen molar-refractivity contribution in [2.45, 2.75) is 32.9 Å². The number of fused-ring (bicyclic) bond motifs is 2. The van der Waals surface area contributed by atoms with Gasteiger partial charge < -0.3 is 4.74 Å². The summed E-state index contributed by atoms with van der Waals surface area (Å²) in [4.78, 5) is 0. The van der Waals surface area contributed by atoms with Crippen LogP contribution in [0.3, 0.4) is 0 Å². The first-order chi connectivity index (χ1) is 33.9. The van der Waals surface area contributed by atoms with Gasteiger partial charge in [-0.2, -0.15) is 0 Å². The second-order valence-corrected chi connectivity index (χ2v) is 19.4. The molecule has 0 N–H and O–H groups in total. The van der Waals surface area contributed by atoms with Crippen molar-refractivity contribution in [3.63, 3.8) is 0 Å². The molecule has 3 aliphatic rings. The van der Waals surface area contributed by atoms with Crippen LogP contribution in [0.2, 0.25) is 0 Å². The minimum atomic E-state index is -0.280. The number of benzene rings is 8. The van der Waals surface area contributed by atoms with Crippen LogP contribution in [0.15, 0.2) is 234 Å². The third-order valence-electron chi connectivity index (χ3n) is 13.2. The second-order valence-electron chi connectivity index (χ2n) is 17.7. The number of rotatable bonds is 11. The predicted octanol–water partition coefficient (Wildman–Crippen LogP) is 15.1. The second kappa shape index (κ2) is 19.2. The van der Waals surface area contributed by atoms with Crippen LogP contribution in [0, 0.1) is 20.8 Å². The number of ether oxygens (including phenoxy) is 1. The summed E-state index contributed by atoms with van der Waals surface area (Å²) in [6.45, 7) is 6.41. The van der Waals surface area contributed by atoms with E-state index in [1.807, 2.05) is 12.1 Å². The maximum atomic E-state index is 5.58. The Hall–Kier alpha value is -7.54. The topological polar surface area (TPSA) is 58.7 Å². The van der Waals surface area contributed by atoms with Crippen LogP contribution in [-0.2, 0) is 11.4 Å². The summed E-state index contributed by atoms with van der Waals surface area (Å²) in [7, 11) is 1.71. The van der Waals surface area contributed by atoms with Gasteiger partial charge in [0, 0.05) is 0 Å². The Bertz CT molecular complexity index is 3460. The Morgan fingerprint density at radius 1 is 0.377 bits per heavy atom. The Labute approximate surface area is 414 Å². The van der Waals surface area contributed by atoms with Crippen LogP contribution >= 0.6 is 0 Å². The molecule has 8 aromatic carbocycles. The van der Waals surface area contributed by atoms with Gasteiger partial charge in [-0.1, -0.05) is 16.7 Å². The van der Waals surface area contributed by atoms with Crippen LogP contribution in [0.4, 0.5) is 0 Å². The molecule has 7 heteroatoms. The van der Waals surface area contributed by atoms with Gasteiger partial charge in [0.2, 0.25) is 0 Å². The van der Waals surface area contributed by atoms with Crippen molar-refractivity contribution < 1.29 is 4.74 Å². The summed E-state index contributed by atoms with van der Waals surface area (Å²) >= 11 is 1.03. The number of nitrogens with zero attached hydrogens (tertiary/aromatic N) is 4. The van der Waals surface area contributed by atoms with Crippen LogP contribution in [-0.4, -0.2) is 33.8 Å². The summed E-state index contributed by atoms with van der Waals surface area (Å²) in [6, 6.07) is 74.1. The SMILES string of the molecule is COc1ccc(/C(=C(/c2ccccc2)c2ccc(C3=C4N=[Se]=NC4=C(c4ccc(C(=C(c5ccc(C)cc5)c5ccc(C)cc5)c5ccccc5)cc4)C4N=S=NC34)cc2)c2ccc(C)cc2)cc1. The molecule has 0 amide bonds. The van der Waals surface area contributed by atoms with Crippen molar-refractivity contribution in [1.82, 2.24) is 0 Å². The van der Waals surface area contributed by atoms with Crippen LogP contribution in [0.25, 0.3) is 33.4 Å². The Morgan fingerprint density at radius 3 is 0.986 bits per heavy atom. The molecule has 1 aliphatic carbocycles. The molecule has 2 unspecified atom stereocenters. The summed E-state index contributed by atoms with van der Waals surface area (Å²) in [5, 5.41) is 0. The van der Waals surface area contributed by atoms with E-state index >= 15 is 0 Å². The number of methoxy groups -OCH3 is 1. The molecule has 0 saturated carbocycles. The quantitative estimate of drug-likeness (QED) is 0.0941. The van der Waals surface area contributed by atoms with E-state index in [0.717, 1.165) is 83.9 Å². The Morgan fingerprint density at radius 2 is 0.667 bits per heavy atom. The van der Waals surface area contributed by atoms with E-state index in [1.54, 1.807) is 7.11 Å². The molecule has 0 radical (unpaired) electrons. The zero-order valence-corrected chi connectivity index (χ0v) is 41.3. The van der Waals surface area contributed by atoms with Crippen molar-refractivity contribution in [2.24, 2.45) is 16.7 Å². The van der Waals surface area contributed by atoms with Gasteiger partial charge in [0.15, 0.2) is 0 Å². The molecule has 8 aromatic rings. The molecule has 11 rings (SSSR count). The monoisotopic (exact) mass is 976 g/mol. The van der Waals surface area contributed by atoms with Gasteiger partial charge in [0.1, 0.15) is 5.75 Å². The van der Waals surface area contributed by atoms with Crippen molar-refractivity contribution >= 4 is 59.4 Å². The predicted molar refractivity (Wildman–Crippen MR) is 287 cm³/mol. The summed E-state index contributed by atoms with van der Waals surface area (Å²) < 4.78 is 26.1. The fourth-order valence-corrected chi connectivity index (χ4v) is 11.6. The summed E-state index contributed by atoms with van der Waals surface area (Å²) in [5.41, 5.74) is 23.8. The van der Waals surface area contributed by atoms with Gasteiger partial charge in [0.05, 0.1) is 7.11 Å². The van der Waals surface area contributed by atoms with Gasteiger partial charge in [-0.05, 0) is 20.8 Å². The van der Waals surface area contributed by atoms with Gasteiger partial charge in [-0.15, -0.1) is 0 Å². The third kappa shape index (κ3) is 8.66. The van der Waals surface area contributed by atoms with Crippen LogP contribution in [0.5, 0.6) is 5.75 Å². The van der Waals surface area contributed by atoms with Crippen molar-refractivity contribution in [2.75, 3.05) is 7.11 Å². The molecule has 2 aliphatic heterocycles. The van der Waals surface area contributed by atoms with Crippen LogP contribution < -0.4 is 4.74 Å². The molecular formula is C62H48N4OSSe. The molecule has 2 heterocycles. The minimum absolute atomic E-state index is 0.204.